The van der Waals surface area contributed by atoms with E-state index in [4.69, 9.17) is 4.74 Å². The van der Waals surface area contributed by atoms with Gasteiger partial charge in [0, 0.05) is 16.2 Å². The number of rotatable bonds is 8. The molecular weight excluding hydrogens is 430 g/mol. The SMILES string of the molecule is COc1ccc(CCC(=O)N(Cc2cccs2)Cc2cccs2)cc1Br. The first kappa shape index (κ1) is 19.1. The van der Waals surface area contributed by atoms with Crippen molar-refractivity contribution in [1.82, 2.24) is 4.90 Å². The van der Waals surface area contributed by atoms with Gasteiger partial charge >= 0.3 is 0 Å². The molecular formula is C20H20BrNO2S2. The van der Waals surface area contributed by atoms with Gasteiger partial charge in [-0.25, -0.2) is 0 Å². The lowest BCUT2D eigenvalue weighted by molar-refractivity contribution is -0.132. The number of benzene rings is 1. The summed E-state index contributed by atoms with van der Waals surface area (Å²) in [7, 11) is 1.65. The van der Waals surface area contributed by atoms with Crippen LogP contribution in [-0.4, -0.2) is 17.9 Å². The van der Waals surface area contributed by atoms with Crippen molar-refractivity contribution in [1.29, 1.82) is 0 Å². The number of halogens is 1. The second-order valence-electron chi connectivity index (χ2n) is 5.88. The number of carbonyl (C=O) groups excluding carboxylic acids is 1. The summed E-state index contributed by atoms with van der Waals surface area (Å²) >= 11 is 6.89. The van der Waals surface area contributed by atoms with Crippen molar-refractivity contribution in [2.24, 2.45) is 0 Å². The third-order valence-electron chi connectivity index (χ3n) is 4.05. The Hall–Kier alpha value is -1.63. The number of hydrogen-bond acceptors (Lipinski definition) is 4. The highest BCUT2D eigenvalue weighted by molar-refractivity contribution is 9.10. The largest absolute Gasteiger partial charge is 0.496 e. The predicted molar refractivity (Wildman–Crippen MR) is 112 cm³/mol. The molecule has 3 aromatic rings. The van der Waals surface area contributed by atoms with Crippen LogP contribution in [-0.2, 0) is 24.3 Å². The van der Waals surface area contributed by atoms with E-state index in [1.807, 2.05) is 35.2 Å². The van der Waals surface area contributed by atoms with Gasteiger partial charge in [-0.3, -0.25) is 4.79 Å². The maximum Gasteiger partial charge on any atom is 0.223 e. The summed E-state index contributed by atoms with van der Waals surface area (Å²) in [6.45, 7) is 1.33. The summed E-state index contributed by atoms with van der Waals surface area (Å²) in [6, 6.07) is 14.2. The normalized spacial score (nSPS) is 10.7. The molecule has 1 aromatic carbocycles. The first-order chi connectivity index (χ1) is 12.7. The van der Waals surface area contributed by atoms with E-state index < -0.39 is 0 Å². The van der Waals surface area contributed by atoms with Gasteiger partial charge < -0.3 is 9.64 Å². The molecule has 2 aromatic heterocycles. The third-order valence-corrected chi connectivity index (χ3v) is 6.39. The van der Waals surface area contributed by atoms with Crippen molar-refractivity contribution < 1.29 is 9.53 Å². The van der Waals surface area contributed by atoms with Gasteiger partial charge in [0.2, 0.25) is 5.91 Å². The van der Waals surface area contributed by atoms with E-state index in [9.17, 15) is 4.79 Å². The quantitative estimate of drug-likeness (QED) is 0.438. The average Bonchev–Trinajstić information content (AvgIpc) is 3.33. The zero-order valence-corrected chi connectivity index (χ0v) is 17.7. The van der Waals surface area contributed by atoms with E-state index in [-0.39, 0.29) is 5.91 Å². The number of methoxy groups -OCH3 is 1. The van der Waals surface area contributed by atoms with Crippen LogP contribution >= 0.6 is 38.6 Å². The minimum Gasteiger partial charge on any atom is -0.496 e. The molecule has 1 amide bonds. The van der Waals surface area contributed by atoms with Crippen molar-refractivity contribution in [2.45, 2.75) is 25.9 Å². The van der Waals surface area contributed by atoms with E-state index in [1.165, 1.54) is 9.75 Å². The molecule has 0 bridgehead atoms. The van der Waals surface area contributed by atoms with Crippen LogP contribution in [0.3, 0.4) is 0 Å². The lowest BCUT2D eigenvalue weighted by Gasteiger charge is -2.22. The highest BCUT2D eigenvalue weighted by Crippen LogP contribution is 2.26. The Bertz CT molecular complexity index is 795. The molecule has 0 unspecified atom stereocenters. The van der Waals surface area contributed by atoms with Gasteiger partial charge in [-0.2, -0.15) is 0 Å². The zero-order valence-electron chi connectivity index (χ0n) is 14.5. The summed E-state index contributed by atoms with van der Waals surface area (Å²) in [5, 5.41) is 4.11. The fraction of sp³-hybridized carbons (Fsp3) is 0.250. The van der Waals surface area contributed by atoms with E-state index in [1.54, 1.807) is 29.8 Å². The summed E-state index contributed by atoms with van der Waals surface area (Å²) in [5.74, 6) is 0.982. The van der Waals surface area contributed by atoms with E-state index in [0.717, 1.165) is 15.8 Å². The Morgan fingerprint density at radius 1 is 1.08 bits per heavy atom. The number of aryl methyl sites for hydroxylation is 1. The second-order valence-corrected chi connectivity index (χ2v) is 8.80. The average molecular weight is 450 g/mol. The third kappa shape index (κ3) is 5.19. The van der Waals surface area contributed by atoms with Crippen LogP contribution in [0.5, 0.6) is 5.75 Å². The van der Waals surface area contributed by atoms with Crippen molar-refractivity contribution in [2.75, 3.05) is 7.11 Å². The summed E-state index contributed by atoms with van der Waals surface area (Å²) in [5.41, 5.74) is 1.12. The smallest absolute Gasteiger partial charge is 0.223 e. The summed E-state index contributed by atoms with van der Waals surface area (Å²) in [4.78, 5) is 17.3. The van der Waals surface area contributed by atoms with Crippen LogP contribution < -0.4 is 4.74 Å². The molecule has 6 heteroatoms. The fourth-order valence-electron chi connectivity index (χ4n) is 2.69. The molecule has 2 heterocycles. The van der Waals surface area contributed by atoms with Crippen LogP contribution in [0.1, 0.15) is 21.7 Å². The number of thiophene rings is 2. The van der Waals surface area contributed by atoms with Gasteiger partial charge in [0.05, 0.1) is 24.7 Å². The van der Waals surface area contributed by atoms with Gasteiger partial charge in [-0.1, -0.05) is 18.2 Å². The van der Waals surface area contributed by atoms with Crippen LogP contribution in [0, 0.1) is 0 Å². The zero-order chi connectivity index (χ0) is 18.4. The van der Waals surface area contributed by atoms with Crippen molar-refractivity contribution in [3.8, 4) is 5.75 Å². The molecule has 0 aliphatic heterocycles. The van der Waals surface area contributed by atoms with Gasteiger partial charge in [0.15, 0.2) is 0 Å². The standard InChI is InChI=1S/C20H20BrNO2S2/c1-24-19-8-6-15(12-18(19)21)7-9-20(23)22(13-16-4-2-10-25-16)14-17-5-3-11-26-17/h2-6,8,10-12H,7,9,13-14H2,1H3. The maximum atomic E-state index is 12.9. The monoisotopic (exact) mass is 449 g/mol. The van der Waals surface area contributed by atoms with Crippen molar-refractivity contribution in [3.05, 3.63) is 73.0 Å². The Morgan fingerprint density at radius 3 is 2.23 bits per heavy atom. The van der Waals surface area contributed by atoms with Gasteiger partial charge in [0.1, 0.15) is 5.75 Å². The molecule has 26 heavy (non-hydrogen) atoms. The Morgan fingerprint density at radius 2 is 1.73 bits per heavy atom. The maximum absolute atomic E-state index is 12.9. The fourth-order valence-corrected chi connectivity index (χ4v) is 4.72. The molecule has 0 N–H and O–H groups in total. The summed E-state index contributed by atoms with van der Waals surface area (Å²) < 4.78 is 6.18. The van der Waals surface area contributed by atoms with Gasteiger partial charge in [-0.05, 0) is 62.9 Å². The topological polar surface area (TPSA) is 29.5 Å². The van der Waals surface area contributed by atoms with E-state index in [0.29, 0.717) is 25.9 Å². The first-order valence-corrected chi connectivity index (χ1v) is 10.9. The second kappa shape index (κ2) is 9.35. The minimum atomic E-state index is 0.179. The molecule has 0 saturated heterocycles. The van der Waals surface area contributed by atoms with E-state index >= 15 is 0 Å². The Labute approximate surface area is 170 Å². The van der Waals surface area contributed by atoms with Gasteiger partial charge in [0.25, 0.3) is 0 Å². The molecule has 0 aliphatic rings. The molecule has 0 aliphatic carbocycles. The molecule has 0 radical (unpaired) electrons. The Kier molecular flexibility index (Phi) is 6.88. The van der Waals surface area contributed by atoms with E-state index in [2.05, 4.69) is 38.8 Å². The Balaban J connectivity index is 1.65. The molecule has 3 nitrogen and oxygen atoms in total. The molecule has 0 atom stereocenters. The van der Waals surface area contributed by atoms with Crippen molar-refractivity contribution in [3.63, 3.8) is 0 Å². The number of hydrogen-bond donors (Lipinski definition) is 0. The molecule has 0 saturated carbocycles. The molecule has 0 spiro atoms. The van der Waals surface area contributed by atoms with Crippen LogP contribution in [0.25, 0.3) is 0 Å². The number of ether oxygens (including phenoxy) is 1. The van der Waals surface area contributed by atoms with Crippen LogP contribution in [0.15, 0.2) is 57.7 Å². The molecule has 136 valence electrons. The number of amides is 1. The number of nitrogens with zero attached hydrogens (tertiary/aromatic N) is 1. The molecule has 3 rings (SSSR count). The highest BCUT2D eigenvalue weighted by Gasteiger charge is 2.16. The molecule has 0 fully saturated rings. The number of carbonyl (C=O) groups is 1. The predicted octanol–water partition coefficient (Wildman–Crippen LogP) is 5.74. The van der Waals surface area contributed by atoms with Crippen molar-refractivity contribution >= 4 is 44.5 Å². The van der Waals surface area contributed by atoms with Crippen LogP contribution in [0.4, 0.5) is 0 Å². The first-order valence-electron chi connectivity index (χ1n) is 8.30. The summed E-state index contributed by atoms with van der Waals surface area (Å²) in [6.07, 6.45) is 1.21. The van der Waals surface area contributed by atoms with Crippen LogP contribution in [0.2, 0.25) is 0 Å². The minimum absolute atomic E-state index is 0.179. The van der Waals surface area contributed by atoms with Gasteiger partial charge in [-0.15, -0.1) is 22.7 Å². The lowest BCUT2D eigenvalue weighted by Crippen LogP contribution is -2.29. The lowest BCUT2D eigenvalue weighted by atomic mass is 10.1. The highest BCUT2D eigenvalue weighted by atomic mass is 79.9.